The molecule has 0 saturated heterocycles. The van der Waals surface area contributed by atoms with Crippen LogP contribution in [-0.4, -0.2) is 55.8 Å². The van der Waals surface area contributed by atoms with Gasteiger partial charge in [0.25, 0.3) is 5.92 Å². The Balaban J connectivity index is 1.67. The van der Waals surface area contributed by atoms with Crippen LogP contribution in [0.2, 0.25) is 5.02 Å². The fourth-order valence-corrected chi connectivity index (χ4v) is 5.86. The van der Waals surface area contributed by atoms with Crippen LogP contribution in [0.25, 0.3) is 0 Å². The summed E-state index contributed by atoms with van der Waals surface area (Å²) in [6.07, 6.45) is -2.80. The molecule has 1 heterocycles. The van der Waals surface area contributed by atoms with Crippen LogP contribution in [0.1, 0.15) is 23.1 Å². The number of amides is 1. The number of aryl methyl sites for hydroxylation is 1. The van der Waals surface area contributed by atoms with E-state index in [1.165, 1.54) is 24.3 Å². The molecule has 0 fully saturated rings. The Morgan fingerprint density at radius 2 is 1.76 bits per heavy atom. The molecule has 1 amide bonds. The predicted molar refractivity (Wildman–Crippen MR) is 147 cm³/mol. The van der Waals surface area contributed by atoms with Crippen molar-refractivity contribution in [2.45, 2.75) is 42.2 Å². The highest BCUT2D eigenvalue weighted by Crippen LogP contribution is 2.47. The number of hydrogen-bond donors (Lipinski definition) is 3. The largest absolute Gasteiger partial charge is 0.465 e. The highest BCUT2D eigenvalue weighted by molar-refractivity contribution is 7.89. The fraction of sp³-hybridized carbons (Fsp3) is 0.286. The van der Waals surface area contributed by atoms with Gasteiger partial charge in [-0.3, -0.25) is 9.69 Å². The third kappa shape index (κ3) is 6.51. The number of nitrogens with zero attached hydrogens (tertiary/aromatic N) is 1. The molecule has 0 unspecified atom stereocenters. The second kappa shape index (κ2) is 11.7. The number of nitrogens with one attached hydrogen (secondary N) is 1. The standard InChI is InChI=1S/C28H27ClF2N2O7S/c1-18-7-10-21(11-8-18)41(38,39)32-23(15-19-5-3-2-4-6-19)25(34)40-17-27(37)22-16-20(29)9-12-24(22)33(26(35)36)14-13-28(27,30)31/h2-12,16,23,32,37H,13-15,17H2,1H3,(H,35,36)/t23-,27+/m1/s1. The summed E-state index contributed by atoms with van der Waals surface area (Å²) in [5, 5.41) is 20.9. The third-order valence-electron chi connectivity index (χ3n) is 6.80. The van der Waals surface area contributed by atoms with Crippen molar-refractivity contribution in [1.29, 1.82) is 0 Å². The van der Waals surface area contributed by atoms with Crippen molar-refractivity contribution < 1.29 is 41.7 Å². The minimum atomic E-state index is -4.25. The number of fused-ring (bicyclic) bond motifs is 1. The van der Waals surface area contributed by atoms with Gasteiger partial charge in [-0.2, -0.15) is 4.72 Å². The minimum absolute atomic E-state index is 0.0654. The molecule has 3 N–H and O–H groups in total. The maximum atomic E-state index is 15.5. The van der Waals surface area contributed by atoms with E-state index in [0.29, 0.717) is 10.5 Å². The number of anilines is 1. The van der Waals surface area contributed by atoms with E-state index >= 15 is 8.78 Å². The van der Waals surface area contributed by atoms with E-state index in [9.17, 15) is 28.2 Å². The summed E-state index contributed by atoms with van der Waals surface area (Å²) in [6, 6.07) is 16.1. The van der Waals surface area contributed by atoms with Gasteiger partial charge in [-0.1, -0.05) is 59.6 Å². The summed E-state index contributed by atoms with van der Waals surface area (Å²) < 4.78 is 64.6. The Hall–Kier alpha value is -3.58. The Labute approximate surface area is 240 Å². The lowest BCUT2D eigenvalue weighted by Gasteiger charge is -2.35. The van der Waals surface area contributed by atoms with Crippen molar-refractivity contribution >= 4 is 39.4 Å². The van der Waals surface area contributed by atoms with E-state index in [4.69, 9.17) is 16.3 Å². The molecule has 0 radical (unpaired) electrons. The van der Waals surface area contributed by atoms with Crippen LogP contribution in [0.3, 0.4) is 0 Å². The van der Waals surface area contributed by atoms with Crippen molar-refractivity contribution in [2.75, 3.05) is 18.1 Å². The van der Waals surface area contributed by atoms with E-state index in [-0.39, 0.29) is 22.0 Å². The van der Waals surface area contributed by atoms with E-state index < -0.39 is 64.8 Å². The fourth-order valence-electron chi connectivity index (χ4n) is 4.51. The Morgan fingerprint density at radius 3 is 2.39 bits per heavy atom. The summed E-state index contributed by atoms with van der Waals surface area (Å²) >= 11 is 6.02. The summed E-state index contributed by atoms with van der Waals surface area (Å²) in [7, 11) is -4.25. The van der Waals surface area contributed by atoms with Crippen LogP contribution in [0.15, 0.2) is 77.7 Å². The molecule has 0 saturated carbocycles. The first-order chi connectivity index (χ1) is 19.2. The van der Waals surface area contributed by atoms with Crippen molar-refractivity contribution in [2.24, 2.45) is 0 Å². The molecule has 1 aliphatic heterocycles. The zero-order valence-corrected chi connectivity index (χ0v) is 23.3. The van der Waals surface area contributed by atoms with Crippen molar-refractivity contribution in [1.82, 2.24) is 4.72 Å². The SMILES string of the molecule is Cc1ccc(S(=O)(=O)N[C@H](Cc2ccccc2)C(=O)OC[C@]2(O)c3cc(Cl)ccc3N(C(=O)O)CCC2(F)F)cc1. The molecule has 1 aliphatic rings. The Kier molecular flexibility index (Phi) is 8.69. The number of sulfonamides is 1. The summed E-state index contributed by atoms with van der Waals surface area (Å²) in [6.45, 7) is -0.189. The van der Waals surface area contributed by atoms with Crippen LogP contribution in [0.4, 0.5) is 19.3 Å². The summed E-state index contributed by atoms with van der Waals surface area (Å²) in [5.74, 6) is -5.19. The quantitative estimate of drug-likeness (QED) is 0.321. The number of hydrogen-bond acceptors (Lipinski definition) is 6. The molecular formula is C28H27ClF2N2O7S. The summed E-state index contributed by atoms with van der Waals surface area (Å²) in [5.41, 5.74) is -2.63. The van der Waals surface area contributed by atoms with Gasteiger partial charge in [0, 0.05) is 23.6 Å². The number of ether oxygens (including phenoxy) is 1. The predicted octanol–water partition coefficient (Wildman–Crippen LogP) is 4.49. The molecular weight excluding hydrogens is 582 g/mol. The molecule has 0 spiro atoms. The molecule has 3 aromatic rings. The summed E-state index contributed by atoms with van der Waals surface area (Å²) in [4.78, 5) is 25.6. The molecule has 0 bridgehead atoms. The average molecular weight is 609 g/mol. The number of alkyl halides is 2. The van der Waals surface area contributed by atoms with Gasteiger partial charge >= 0.3 is 12.1 Å². The second-order valence-electron chi connectivity index (χ2n) is 9.69. The number of carboxylic acid groups (broad SMARTS) is 1. The number of halogens is 3. The van der Waals surface area contributed by atoms with Crippen molar-refractivity contribution in [3.8, 4) is 0 Å². The van der Waals surface area contributed by atoms with E-state index in [1.807, 2.05) is 0 Å². The van der Waals surface area contributed by atoms with Gasteiger partial charge in [-0.15, -0.1) is 0 Å². The van der Waals surface area contributed by atoms with Gasteiger partial charge in [-0.05, 0) is 49.2 Å². The zero-order valence-electron chi connectivity index (χ0n) is 21.8. The number of rotatable bonds is 8. The van der Waals surface area contributed by atoms with Gasteiger partial charge < -0.3 is 14.9 Å². The van der Waals surface area contributed by atoms with Gasteiger partial charge in [0.1, 0.15) is 12.6 Å². The highest BCUT2D eigenvalue weighted by atomic mass is 35.5. The monoisotopic (exact) mass is 608 g/mol. The smallest absolute Gasteiger partial charge is 0.411 e. The Morgan fingerprint density at radius 1 is 1.10 bits per heavy atom. The highest BCUT2D eigenvalue weighted by Gasteiger charge is 2.58. The van der Waals surface area contributed by atoms with E-state index in [2.05, 4.69) is 4.72 Å². The van der Waals surface area contributed by atoms with Gasteiger partial charge in [0.2, 0.25) is 10.0 Å². The average Bonchev–Trinajstić information content (AvgIpc) is 3.00. The molecule has 9 nitrogen and oxygen atoms in total. The van der Waals surface area contributed by atoms with E-state index in [1.54, 1.807) is 49.4 Å². The maximum Gasteiger partial charge on any atom is 0.411 e. The third-order valence-corrected chi connectivity index (χ3v) is 8.52. The zero-order chi connectivity index (χ0) is 30.0. The molecule has 3 aromatic carbocycles. The molecule has 2 atom stereocenters. The van der Waals surface area contributed by atoms with Gasteiger partial charge in [0.15, 0.2) is 5.60 Å². The lowest BCUT2D eigenvalue weighted by Crippen LogP contribution is -2.51. The first kappa shape index (κ1) is 30.4. The van der Waals surface area contributed by atoms with Crippen LogP contribution in [-0.2, 0) is 31.6 Å². The Bertz CT molecular complexity index is 1540. The number of benzene rings is 3. The number of esters is 1. The minimum Gasteiger partial charge on any atom is -0.465 e. The van der Waals surface area contributed by atoms with Gasteiger partial charge in [0.05, 0.1) is 10.6 Å². The lowest BCUT2D eigenvalue weighted by atomic mass is 9.86. The first-order valence-corrected chi connectivity index (χ1v) is 14.3. The lowest BCUT2D eigenvalue weighted by molar-refractivity contribution is -0.214. The topological polar surface area (TPSA) is 133 Å². The molecule has 13 heteroatoms. The molecule has 0 aromatic heterocycles. The van der Waals surface area contributed by atoms with E-state index in [0.717, 1.165) is 11.6 Å². The van der Waals surface area contributed by atoms with Crippen molar-refractivity contribution in [3.05, 3.63) is 94.5 Å². The molecule has 0 aliphatic carbocycles. The first-order valence-electron chi connectivity index (χ1n) is 12.4. The van der Waals surface area contributed by atoms with Crippen LogP contribution >= 0.6 is 11.6 Å². The number of carbonyl (C=O) groups is 2. The van der Waals surface area contributed by atoms with Crippen molar-refractivity contribution in [3.63, 3.8) is 0 Å². The van der Waals surface area contributed by atoms with Crippen LogP contribution in [0, 0.1) is 6.92 Å². The number of aliphatic hydroxyl groups is 1. The van der Waals surface area contributed by atoms with Crippen LogP contribution in [0.5, 0.6) is 0 Å². The molecule has 218 valence electrons. The molecule has 4 rings (SSSR count). The second-order valence-corrected chi connectivity index (χ2v) is 11.8. The maximum absolute atomic E-state index is 15.5. The normalized spacial score (nSPS) is 19.1. The van der Waals surface area contributed by atoms with Gasteiger partial charge in [-0.25, -0.2) is 22.0 Å². The molecule has 41 heavy (non-hydrogen) atoms. The van der Waals surface area contributed by atoms with Crippen LogP contribution < -0.4 is 9.62 Å². The number of carbonyl (C=O) groups excluding carboxylic acids is 1.